The van der Waals surface area contributed by atoms with E-state index < -0.39 is 0 Å². The third-order valence-electron chi connectivity index (χ3n) is 19.3. The lowest BCUT2D eigenvalue weighted by Gasteiger charge is -2.24. The van der Waals surface area contributed by atoms with Crippen molar-refractivity contribution in [2.45, 2.75) is 0 Å². The zero-order valence-electron chi connectivity index (χ0n) is 52.5. The molecule has 0 aliphatic heterocycles. The molecule has 0 spiro atoms. The number of hydrogen-bond donors (Lipinski definition) is 0. The van der Waals surface area contributed by atoms with E-state index in [2.05, 4.69) is 329 Å². The van der Waals surface area contributed by atoms with Gasteiger partial charge in [0.25, 0.3) is 0 Å². The van der Waals surface area contributed by atoms with Gasteiger partial charge >= 0.3 is 0 Å². The highest BCUT2D eigenvalue weighted by Gasteiger charge is 2.29. The Balaban J connectivity index is 1.05. The van der Waals surface area contributed by atoms with E-state index in [9.17, 15) is 10.5 Å². The zero-order valence-corrected chi connectivity index (χ0v) is 52.5. The number of aromatic nitrogens is 4. The smallest absolute Gasteiger partial charge is 0.0999 e. The van der Waals surface area contributed by atoms with Crippen molar-refractivity contribution in [1.82, 2.24) is 18.7 Å². The molecule has 0 unspecified atom stereocenters. The number of nitrogens with zero attached hydrogens (tertiary/aromatic N) is 6. The molecule has 0 bridgehead atoms. The highest BCUT2D eigenvalue weighted by atomic mass is 15.1. The van der Waals surface area contributed by atoms with Gasteiger partial charge in [-0.3, -0.25) is 4.98 Å². The lowest BCUT2D eigenvalue weighted by Crippen LogP contribution is -2.10. The number of fused-ring (bicyclic) bond motifs is 9. The summed E-state index contributed by atoms with van der Waals surface area (Å²) in [6.07, 6.45) is 1.71. The lowest BCUT2D eigenvalue weighted by molar-refractivity contribution is 1.05. The van der Waals surface area contributed by atoms with Crippen molar-refractivity contribution < 1.29 is 0 Å². The summed E-state index contributed by atoms with van der Waals surface area (Å²) in [7, 11) is 0. The van der Waals surface area contributed by atoms with Gasteiger partial charge in [0.05, 0.1) is 79.1 Å². The fourth-order valence-corrected chi connectivity index (χ4v) is 14.8. The van der Waals surface area contributed by atoms with Gasteiger partial charge in [0.2, 0.25) is 0 Å². The van der Waals surface area contributed by atoms with Crippen molar-refractivity contribution in [3.63, 3.8) is 0 Å². The van der Waals surface area contributed by atoms with Gasteiger partial charge in [-0.05, 0) is 187 Å². The van der Waals surface area contributed by atoms with Crippen LogP contribution in [0, 0.1) is 22.7 Å². The average Bonchev–Trinajstić information content (AvgIpc) is 1.58. The molecule has 0 fully saturated rings. The van der Waals surface area contributed by atoms with Crippen molar-refractivity contribution in [2.75, 3.05) is 0 Å². The fraction of sp³-hybridized carbons (Fsp3) is 0. The Bertz CT molecular complexity index is 5670. The van der Waals surface area contributed by atoms with E-state index in [-0.39, 0.29) is 0 Å². The Kier molecular flexibility index (Phi) is 13.6. The predicted molar refractivity (Wildman–Crippen MR) is 400 cm³/mol. The van der Waals surface area contributed by atoms with Crippen LogP contribution in [-0.4, -0.2) is 18.7 Å². The Morgan fingerprint density at radius 2 is 0.485 bits per heavy atom. The van der Waals surface area contributed by atoms with E-state index in [1.807, 2.05) is 30.3 Å². The van der Waals surface area contributed by atoms with Crippen LogP contribution in [0.1, 0.15) is 11.1 Å². The Morgan fingerprint density at radius 1 is 0.227 bits per heavy atom. The van der Waals surface area contributed by atoms with Crippen molar-refractivity contribution in [3.8, 4) is 118 Å². The molecule has 0 atom stereocenters. The van der Waals surface area contributed by atoms with Gasteiger partial charge in [-0.25, -0.2) is 0 Å². The Labute approximate surface area is 560 Å². The minimum Gasteiger partial charge on any atom is -0.307 e. The molecule has 0 aliphatic rings. The first-order valence-electron chi connectivity index (χ1n) is 32.7. The normalized spacial score (nSPS) is 11.5. The highest BCUT2D eigenvalue weighted by Crippen LogP contribution is 2.48. The second kappa shape index (κ2) is 23.3. The van der Waals surface area contributed by atoms with Crippen molar-refractivity contribution in [1.29, 1.82) is 10.5 Å². The van der Waals surface area contributed by atoms with Gasteiger partial charge in [0.1, 0.15) is 0 Å². The lowest BCUT2D eigenvalue weighted by atomic mass is 9.92. The summed E-state index contributed by atoms with van der Waals surface area (Å²) in [5.41, 5.74) is 25.4. The number of hydrogen-bond acceptors (Lipinski definition) is 3. The Morgan fingerprint density at radius 3 is 0.742 bits per heavy atom. The fourth-order valence-electron chi connectivity index (χ4n) is 14.8. The van der Waals surface area contributed by atoms with Crippen LogP contribution in [0.15, 0.2) is 340 Å². The molecule has 0 N–H and O–H groups in total. The van der Waals surface area contributed by atoms with E-state index in [1.54, 1.807) is 6.20 Å². The molecule has 18 aromatic rings. The summed E-state index contributed by atoms with van der Waals surface area (Å²) >= 11 is 0. The zero-order chi connectivity index (χ0) is 64.5. The number of nitriles is 2. The van der Waals surface area contributed by atoms with Gasteiger partial charge in [0, 0.05) is 44.1 Å². The average molecular weight is 1230 g/mol. The van der Waals surface area contributed by atoms with E-state index in [0.717, 1.165) is 155 Å². The van der Waals surface area contributed by atoms with Crippen LogP contribution < -0.4 is 0 Å². The third kappa shape index (κ3) is 9.59. The molecule has 14 aromatic carbocycles. The monoisotopic (exact) mass is 1230 g/mol. The van der Waals surface area contributed by atoms with Gasteiger partial charge in [0.15, 0.2) is 0 Å². The van der Waals surface area contributed by atoms with E-state index in [4.69, 9.17) is 4.98 Å². The van der Waals surface area contributed by atoms with Gasteiger partial charge in [-0.2, -0.15) is 10.5 Å². The minimum atomic E-state index is 0.350. The summed E-state index contributed by atoms with van der Waals surface area (Å²) in [4.78, 5) is 4.71. The van der Waals surface area contributed by atoms with Crippen LogP contribution in [0.5, 0.6) is 0 Å². The summed E-state index contributed by atoms with van der Waals surface area (Å²) in [6, 6.07) is 125. The maximum Gasteiger partial charge on any atom is 0.0999 e. The van der Waals surface area contributed by atoms with Crippen LogP contribution in [0.3, 0.4) is 0 Å². The largest absolute Gasteiger partial charge is 0.307 e. The summed E-state index contributed by atoms with van der Waals surface area (Å²) in [5.74, 6) is 0. The third-order valence-corrected chi connectivity index (χ3v) is 19.3. The molecule has 0 amide bonds. The number of benzene rings is 14. The topological polar surface area (TPSA) is 75.3 Å². The molecule has 18 rings (SSSR count). The predicted octanol–water partition coefficient (Wildman–Crippen LogP) is 23.5. The molecule has 6 heteroatoms. The molecule has 0 aliphatic carbocycles. The van der Waals surface area contributed by atoms with Crippen molar-refractivity contribution in [2.24, 2.45) is 0 Å². The number of pyridine rings is 1. The molecule has 0 saturated carbocycles. The standard InChI is InChI=1S/C91H56N6/c92-57-73-47-71(48-74(58-93)90(73)81-33-19-20-46-94-81)72-55-88(95-82-40-34-65(59-21-7-1-8-22-59)49-75(82)76-50-66(35-41-83(76)95)60-23-9-2-10-24-60)91(97-86-44-38-69(63-29-15-5-16-30-63)53-79(86)80-54-70(39-45-87(80)97)64-31-17-6-18-32-64)89(56-72)96-84-42-36-67(61-25-11-3-12-26-61)51-77(84)78-52-68(37-43-85(78)96)62-27-13-4-14-28-62/h1-56H. The maximum atomic E-state index is 11.3. The van der Waals surface area contributed by atoms with Crippen LogP contribution >= 0.6 is 0 Å². The van der Waals surface area contributed by atoms with Crippen LogP contribution in [-0.2, 0) is 0 Å². The first-order valence-corrected chi connectivity index (χ1v) is 32.7. The highest BCUT2D eigenvalue weighted by molar-refractivity contribution is 6.16. The van der Waals surface area contributed by atoms with Crippen LogP contribution in [0.25, 0.3) is 172 Å². The van der Waals surface area contributed by atoms with E-state index >= 15 is 0 Å². The van der Waals surface area contributed by atoms with E-state index in [0.29, 0.717) is 27.9 Å². The van der Waals surface area contributed by atoms with Crippen LogP contribution in [0.4, 0.5) is 0 Å². The molecule has 4 heterocycles. The summed E-state index contributed by atoms with van der Waals surface area (Å²) < 4.78 is 7.45. The van der Waals surface area contributed by atoms with Crippen molar-refractivity contribution >= 4 is 65.4 Å². The first kappa shape index (κ1) is 56.4. The summed E-state index contributed by atoms with van der Waals surface area (Å²) in [5, 5.41) is 29.2. The summed E-state index contributed by atoms with van der Waals surface area (Å²) in [6.45, 7) is 0. The molecule has 450 valence electrons. The quantitative estimate of drug-likeness (QED) is 0.129. The molecule has 4 aromatic heterocycles. The molecule has 6 nitrogen and oxygen atoms in total. The molecular formula is C91H56N6. The van der Waals surface area contributed by atoms with E-state index in [1.165, 1.54) is 0 Å². The van der Waals surface area contributed by atoms with Crippen molar-refractivity contribution in [3.05, 3.63) is 351 Å². The van der Waals surface area contributed by atoms with Gasteiger partial charge in [-0.1, -0.05) is 224 Å². The molecule has 97 heavy (non-hydrogen) atoms. The van der Waals surface area contributed by atoms with Gasteiger partial charge in [-0.15, -0.1) is 0 Å². The maximum absolute atomic E-state index is 11.3. The molecule has 0 radical (unpaired) electrons. The SMILES string of the molecule is N#Cc1cc(-c2cc(-n3c4ccc(-c5ccccc5)cc4c4cc(-c5ccccc5)ccc43)c(-n3c4ccc(-c5ccccc5)cc4c4cc(-c5ccccc5)ccc43)c(-n3c4ccc(-c5ccccc5)cc4c4cc(-c5ccccc5)ccc43)c2)cc(C#N)c1-c1ccccn1. The molecule has 0 saturated heterocycles. The second-order valence-electron chi connectivity index (χ2n) is 24.8. The van der Waals surface area contributed by atoms with Gasteiger partial charge < -0.3 is 13.7 Å². The second-order valence-corrected chi connectivity index (χ2v) is 24.8. The molecular weight excluding hydrogens is 1180 g/mol. The minimum absolute atomic E-state index is 0.350. The van der Waals surface area contributed by atoms with Crippen LogP contribution in [0.2, 0.25) is 0 Å². The first-order chi connectivity index (χ1) is 48.0. The Hall–Kier alpha value is -13.4. The number of rotatable bonds is 11.